The molecule has 0 radical (unpaired) electrons. The summed E-state index contributed by atoms with van der Waals surface area (Å²) in [4.78, 5) is 47.7. The highest BCUT2D eigenvalue weighted by Crippen LogP contribution is 2.31. The van der Waals surface area contributed by atoms with Crippen LogP contribution >= 0.6 is 15.9 Å². The fraction of sp³-hybridized carbons (Fsp3) is 0.571. The Bertz CT molecular complexity index is 1170. The number of halogens is 1. The second-order valence-corrected chi connectivity index (χ2v) is 10.9. The van der Waals surface area contributed by atoms with Crippen LogP contribution in [0, 0.1) is 29.6 Å². The monoisotopic (exact) mass is 640 g/mol. The van der Waals surface area contributed by atoms with Gasteiger partial charge in [-0.15, -0.1) is 0 Å². The molecule has 1 aliphatic heterocycles. The molecule has 6 unspecified atom stereocenters. The largest absolute Gasteiger partial charge is 0.463 e. The summed E-state index contributed by atoms with van der Waals surface area (Å²) in [7, 11) is 0. The van der Waals surface area contributed by atoms with E-state index < -0.39 is 67.1 Å². The van der Waals surface area contributed by atoms with Crippen LogP contribution in [0.4, 0.5) is 0 Å². The first kappa shape index (κ1) is 33.9. The van der Waals surface area contributed by atoms with Gasteiger partial charge < -0.3 is 33.8 Å². The molecule has 0 aliphatic carbocycles. The second-order valence-electron chi connectivity index (χ2n) is 9.99. The number of ether oxygens (including phenoxy) is 6. The maximum Gasteiger partial charge on any atom is 0.303 e. The van der Waals surface area contributed by atoms with Crippen molar-refractivity contribution >= 4 is 51.4 Å². The van der Waals surface area contributed by atoms with Crippen molar-refractivity contribution in [2.45, 2.75) is 85.6 Å². The molecule has 1 aromatic rings. The molecule has 0 bridgehead atoms. The minimum Gasteiger partial charge on any atom is -0.463 e. The summed E-state index contributed by atoms with van der Waals surface area (Å²) in [5.74, 6) is -4.37. The van der Waals surface area contributed by atoms with E-state index in [0.717, 1.165) is 36.4 Å². The van der Waals surface area contributed by atoms with Gasteiger partial charge in [0.25, 0.3) is 0 Å². The Hall–Kier alpha value is -3.32. The topological polar surface area (TPSA) is 171 Å². The molecule has 226 valence electrons. The van der Waals surface area contributed by atoms with E-state index >= 15 is 0 Å². The van der Waals surface area contributed by atoms with Crippen LogP contribution in [0.3, 0.4) is 0 Å². The number of hydrogen-bond donors (Lipinski definition) is 2. The maximum absolute atomic E-state index is 12.1. The molecule has 41 heavy (non-hydrogen) atoms. The predicted octanol–water partition coefficient (Wildman–Crippen LogP) is 3.67. The van der Waals surface area contributed by atoms with Crippen molar-refractivity contribution in [3.8, 4) is 0 Å². The van der Waals surface area contributed by atoms with Crippen LogP contribution in [0.5, 0.6) is 0 Å². The van der Waals surface area contributed by atoms with E-state index in [-0.39, 0.29) is 23.9 Å². The normalized spacial score (nSPS) is 22.7. The molecular formula is C28H37BrN2O10. The third-order valence-corrected chi connectivity index (χ3v) is 6.73. The molecule has 1 saturated heterocycles. The molecule has 1 aromatic carbocycles. The van der Waals surface area contributed by atoms with Gasteiger partial charge in [0.2, 0.25) is 12.4 Å². The predicted molar refractivity (Wildman–Crippen MR) is 149 cm³/mol. The van der Waals surface area contributed by atoms with Gasteiger partial charge in [0.05, 0.1) is 5.92 Å². The van der Waals surface area contributed by atoms with Crippen molar-refractivity contribution < 1.29 is 47.6 Å². The Balaban J connectivity index is 2.51. The van der Waals surface area contributed by atoms with Crippen LogP contribution in [0.25, 0.3) is 0 Å². The summed E-state index contributed by atoms with van der Waals surface area (Å²) in [6, 6.07) is 5.68. The molecule has 1 heterocycles. The van der Waals surface area contributed by atoms with Crippen LogP contribution in [-0.2, 0) is 54.0 Å². The number of aryl methyl sites for hydroxylation is 1. The Morgan fingerprint density at radius 2 is 1.44 bits per heavy atom. The first-order valence-corrected chi connectivity index (χ1v) is 13.8. The highest BCUT2D eigenvalue weighted by molar-refractivity contribution is 9.10. The second kappa shape index (κ2) is 15.1. The van der Waals surface area contributed by atoms with Crippen molar-refractivity contribution in [1.82, 2.24) is 0 Å². The first-order chi connectivity index (χ1) is 19.1. The zero-order valence-corrected chi connectivity index (χ0v) is 25.7. The van der Waals surface area contributed by atoms with Crippen molar-refractivity contribution in [2.75, 3.05) is 6.61 Å². The molecule has 12 nitrogen and oxygen atoms in total. The number of esters is 4. The van der Waals surface area contributed by atoms with E-state index in [1.165, 1.54) is 6.92 Å². The lowest BCUT2D eigenvalue weighted by molar-refractivity contribution is -0.292. The summed E-state index contributed by atoms with van der Waals surface area (Å²) in [5, 5.41) is 17.6. The Labute approximate surface area is 247 Å². The molecule has 0 amide bonds. The first-order valence-electron chi connectivity index (χ1n) is 13.0. The molecule has 2 N–H and O–H groups in total. The Morgan fingerprint density at radius 3 is 1.95 bits per heavy atom. The van der Waals surface area contributed by atoms with Gasteiger partial charge in [0.15, 0.2) is 18.1 Å². The molecule has 1 aliphatic rings. The number of carbonyl (C=O) groups is 4. The van der Waals surface area contributed by atoms with Gasteiger partial charge in [-0.1, -0.05) is 35.8 Å². The molecule has 0 spiro atoms. The highest BCUT2D eigenvalue weighted by atomic mass is 79.9. The maximum atomic E-state index is 12.1. The van der Waals surface area contributed by atoms with Gasteiger partial charge in [-0.25, -0.2) is 0 Å². The lowest BCUT2D eigenvalue weighted by Crippen LogP contribution is -2.63. The summed E-state index contributed by atoms with van der Waals surface area (Å²) in [6.45, 7) is 9.67. The van der Waals surface area contributed by atoms with Gasteiger partial charge in [-0.3, -0.25) is 24.6 Å². The minimum absolute atomic E-state index is 0.225. The SMILES string of the molecule is CC(=O)OCC1OC(OC(=N)C(Cc2ccc(Br)cc2C)C(=N)C(C)C)C(OC(C)=O)C(OC(C)=O)C1OC(C)=O. The summed E-state index contributed by atoms with van der Waals surface area (Å²) in [6.07, 6.45) is -6.74. The fourth-order valence-corrected chi connectivity index (χ4v) is 4.82. The molecular weight excluding hydrogens is 604 g/mol. The number of hydrogen-bond acceptors (Lipinski definition) is 12. The number of benzene rings is 1. The summed E-state index contributed by atoms with van der Waals surface area (Å²) >= 11 is 3.44. The van der Waals surface area contributed by atoms with Crippen molar-refractivity contribution in [2.24, 2.45) is 11.8 Å². The van der Waals surface area contributed by atoms with E-state index in [0.29, 0.717) is 0 Å². The van der Waals surface area contributed by atoms with Gasteiger partial charge in [0, 0.05) is 37.9 Å². The molecule has 0 saturated carbocycles. The van der Waals surface area contributed by atoms with Crippen molar-refractivity contribution in [1.29, 1.82) is 10.8 Å². The zero-order chi connectivity index (χ0) is 31.0. The van der Waals surface area contributed by atoms with E-state index in [9.17, 15) is 19.2 Å². The number of carbonyl (C=O) groups excluding carboxylic acids is 4. The molecule has 13 heteroatoms. The average molecular weight is 642 g/mol. The third-order valence-electron chi connectivity index (χ3n) is 6.23. The molecule has 2 rings (SSSR count). The smallest absolute Gasteiger partial charge is 0.303 e. The lowest BCUT2D eigenvalue weighted by Gasteiger charge is -2.44. The van der Waals surface area contributed by atoms with E-state index in [1.807, 2.05) is 39.0 Å². The van der Waals surface area contributed by atoms with E-state index in [4.69, 9.17) is 39.2 Å². The van der Waals surface area contributed by atoms with Crippen LogP contribution in [-0.4, -0.2) is 72.8 Å². The third kappa shape index (κ3) is 9.92. The van der Waals surface area contributed by atoms with Crippen LogP contribution in [0.1, 0.15) is 52.7 Å². The molecule has 1 fully saturated rings. The van der Waals surface area contributed by atoms with Gasteiger partial charge in [-0.05, 0) is 42.5 Å². The summed E-state index contributed by atoms with van der Waals surface area (Å²) in [5.41, 5.74) is 2.06. The Morgan fingerprint density at radius 1 is 0.878 bits per heavy atom. The van der Waals surface area contributed by atoms with E-state index in [2.05, 4.69) is 15.9 Å². The molecule has 0 aromatic heterocycles. The van der Waals surface area contributed by atoms with Gasteiger partial charge >= 0.3 is 23.9 Å². The quantitative estimate of drug-likeness (QED) is 0.157. The average Bonchev–Trinajstić information content (AvgIpc) is 2.84. The number of nitrogens with one attached hydrogen (secondary N) is 2. The van der Waals surface area contributed by atoms with Crippen molar-refractivity contribution in [3.05, 3.63) is 33.8 Å². The number of rotatable bonds is 11. The molecule has 6 atom stereocenters. The van der Waals surface area contributed by atoms with Gasteiger partial charge in [-0.2, -0.15) is 0 Å². The van der Waals surface area contributed by atoms with Crippen LogP contribution in [0.2, 0.25) is 0 Å². The van der Waals surface area contributed by atoms with Crippen LogP contribution < -0.4 is 0 Å². The standard InChI is InChI=1S/C28H37BrN2O10/c1-13(2)23(30)21(11-19-8-9-20(29)10-14(19)3)27(31)41-28-26(39-18(7)35)25(38-17(6)34)24(37-16(5)33)22(40-28)12-36-15(4)32/h8-10,13,21-22,24-26,28,30-31H,11-12H2,1-7H3. The van der Waals surface area contributed by atoms with Crippen molar-refractivity contribution in [3.63, 3.8) is 0 Å². The summed E-state index contributed by atoms with van der Waals surface area (Å²) < 4.78 is 34.1. The zero-order valence-electron chi connectivity index (χ0n) is 24.1. The van der Waals surface area contributed by atoms with Crippen LogP contribution in [0.15, 0.2) is 22.7 Å². The Kier molecular flexibility index (Phi) is 12.4. The minimum atomic E-state index is -1.54. The van der Waals surface area contributed by atoms with E-state index in [1.54, 1.807) is 0 Å². The lowest BCUT2D eigenvalue weighted by atomic mass is 9.87. The highest BCUT2D eigenvalue weighted by Gasteiger charge is 2.54. The van der Waals surface area contributed by atoms with Gasteiger partial charge in [0.1, 0.15) is 12.7 Å². The fourth-order valence-electron chi connectivity index (χ4n) is 4.35.